The summed E-state index contributed by atoms with van der Waals surface area (Å²) in [6.45, 7) is 0. The molecule has 4 heteroatoms. The second kappa shape index (κ2) is 5.23. The highest BCUT2D eigenvalue weighted by Gasteiger charge is 2.13. The van der Waals surface area contributed by atoms with Gasteiger partial charge in [0.25, 0.3) is 0 Å². The number of fused-ring (bicyclic) bond motifs is 1. The largest absolute Gasteiger partial charge is 0.207 e. The fraction of sp³-hybridized carbons (Fsp3) is 0.0667. The van der Waals surface area contributed by atoms with E-state index < -0.39 is 0 Å². The number of benzene rings is 2. The van der Waals surface area contributed by atoms with Crippen LogP contribution >= 0.6 is 38.9 Å². The van der Waals surface area contributed by atoms with Gasteiger partial charge in [-0.25, -0.2) is 4.39 Å². The predicted octanol–water partition coefficient (Wildman–Crippen LogP) is 6.26. The van der Waals surface area contributed by atoms with Gasteiger partial charge in [0, 0.05) is 25.3 Å². The van der Waals surface area contributed by atoms with Crippen LogP contribution in [0.15, 0.2) is 42.5 Å². The molecule has 0 atom stereocenters. The first kappa shape index (κ1) is 13.1. The molecule has 0 nitrogen and oxygen atoms in total. The second-order valence-electron chi connectivity index (χ2n) is 4.19. The minimum atomic E-state index is -0.199. The monoisotopic (exact) mass is 354 g/mol. The number of hydrogen-bond donors (Lipinski definition) is 0. The van der Waals surface area contributed by atoms with E-state index >= 15 is 0 Å². The first-order valence-corrected chi connectivity index (χ1v) is 8.03. The van der Waals surface area contributed by atoms with Gasteiger partial charge >= 0.3 is 0 Å². The summed E-state index contributed by atoms with van der Waals surface area (Å²) in [4.78, 5) is 1.16. The maximum absolute atomic E-state index is 13.4. The van der Waals surface area contributed by atoms with Crippen molar-refractivity contribution in [3.8, 4) is 10.4 Å². The summed E-state index contributed by atoms with van der Waals surface area (Å²) in [5, 5.41) is 2.40. The molecule has 0 radical (unpaired) electrons. The predicted molar refractivity (Wildman–Crippen MR) is 84.9 cm³/mol. The van der Waals surface area contributed by atoms with Gasteiger partial charge in [0.15, 0.2) is 0 Å². The van der Waals surface area contributed by atoms with Crippen molar-refractivity contribution in [3.05, 3.63) is 58.9 Å². The summed E-state index contributed by atoms with van der Waals surface area (Å²) in [6.07, 6.45) is 0. The zero-order valence-electron chi connectivity index (χ0n) is 9.79. The van der Waals surface area contributed by atoms with Crippen molar-refractivity contribution in [1.82, 2.24) is 0 Å². The molecule has 2 aromatic carbocycles. The van der Waals surface area contributed by atoms with E-state index in [1.165, 1.54) is 6.07 Å². The summed E-state index contributed by atoms with van der Waals surface area (Å²) in [6, 6.07) is 12.7. The van der Waals surface area contributed by atoms with Gasteiger partial charge in [-0.2, -0.15) is 0 Å². The third kappa shape index (κ3) is 2.42. The van der Waals surface area contributed by atoms with Crippen LogP contribution in [0.3, 0.4) is 0 Å². The summed E-state index contributed by atoms with van der Waals surface area (Å²) < 4.78 is 14.5. The van der Waals surface area contributed by atoms with Crippen molar-refractivity contribution in [3.63, 3.8) is 0 Å². The lowest BCUT2D eigenvalue weighted by atomic mass is 10.1. The first-order valence-electron chi connectivity index (χ1n) is 5.72. The van der Waals surface area contributed by atoms with Gasteiger partial charge in [-0.05, 0) is 41.5 Å². The quantitative estimate of drug-likeness (QED) is 0.476. The van der Waals surface area contributed by atoms with E-state index in [-0.39, 0.29) is 5.82 Å². The molecule has 1 heterocycles. The molecule has 0 saturated carbocycles. The van der Waals surface area contributed by atoms with Gasteiger partial charge < -0.3 is 0 Å². The second-order valence-corrected chi connectivity index (χ2v) is 6.24. The lowest BCUT2D eigenvalue weighted by Gasteiger charge is -2.01. The van der Waals surface area contributed by atoms with Gasteiger partial charge in [0.2, 0.25) is 0 Å². The van der Waals surface area contributed by atoms with E-state index in [9.17, 15) is 4.39 Å². The van der Waals surface area contributed by atoms with Crippen LogP contribution < -0.4 is 0 Å². The molecule has 0 aliphatic carbocycles. The van der Waals surface area contributed by atoms with E-state index in [0.717, 1.165) is 31.1 Å². The molecule has 0 amide bonds. The number of halogens is 3. The molecule has 3 rings (SSSR count). The molecule has 96 valence electrons. The Bertz CT molecular complexity index is 734. The fourth-order valence-corrected chi connectivity index (χ4v) is 4.19. The molecular formula is C15H9BrClFS. The Balaban J connectivity index is 2.25. The first-order chi connectivity index (χ1) is 9.19. The Labute approximate surface area is 128 Å². The van der Waals surface area contributed by atoms with Crippen molar-refractivity contribution >= 4 is 49.0 Å². The number of thiophene rings is 1. The summed E-state index contributed by atoms with van der Waals surface area (Å²) in [7, 11) is 0. The minimum Gasteiger partial charge on any atom is -0.207 e. The average Bonchev–Trinajstić information content (AvgIpc) is 2.77. The number of hydrogen-bond acceptors (Lipinski definition) is 1. The molecular weight excluding hydrogens is 347 g/mol. The molecule has 0 bridgehead atoms. The molecule has 3 aromatic rings. The van der Waals surface area contributed by atoms with Crippen LogP contribution in [0.2, 0.25) is 5.02 Å². The van der Waals surface area contributed by atoms with Gasteiger partial charge in [0.05, 0.1) is 0 Å². The van der Waals surface area contributed by atoms with Crippen molar-refractivity contribution in [1.29, 1.82) is 0 Å². The van der Waals surface area contributed by atoms with E-state index in [1.807, 2.05) is 30.3 Å². The van der Waals surface area contributed by atoms with E-state index in [1.54, 1.807) is 17.4 Å². The highest BCUT2D eigenvalue weighted by Crippen LogP contribution is 2.40. The summed E-state index contributed by atoms with van der Waals surface area (Å²) >= 11 is 11.1. The van der Waals surface area contributed by atoms with Crippen LogP contribution in [0.5, 0.6) is 0 Å². The zero-order chi connectivity index (χ0) is 13.4. The number of rotatable bonds is 2. The number of alkyl halides is 1. The third-order valence-electron chi connectivity index (χ3n) is 2.99. The van der Waals surface area contributed by atoms with Crippen LogP contribution in [0.4, 0.5) is 4.39 Å². The Hall–Kier alpha value is -0.900. The smallest absolute Gasteiger partial charge is 0.123 e. The maximum atomic E-state index is 13.4. The molecule has 0 fully saturated rings. The standard InChI is InChI=1S/C15H9BrClFS/c16-8-13-12-7-11(18)5-6-14(12)19-15(13)9-1-3-10(17)4-2-9/h1-7H,8H2. The third-order valence-corrected chi connectivity index (χ3v) is 5.07. The maximum Gasteiger partial charge on any atom is 0.123 e. The van der Waals surface area contributed by atoms with Crippen LogP contribution in [-0.4, -0.2) is 0 Å². The normalized spacial score (nSPS) is 11.1. The van der Waals surface area contributed by atoms with Gasteiger partial charge in [-0.3, -0.25) is 0 Å². The highest BCUT2D eigenvalue weighted by atomic mass is 79.9. The lowest BCUT2D eigenvalue weighted by molar-refractivity contribution is 0.630. The van der Waals surface area contributed by atoms with Crippen molar-refractivity contribution in [2.75, 3.05) is 0 Å². The Morgan fingerprint density at radius 1 is 1.11 bits per heavy atom. The van der Waals surface area contributed by atoms with E-state index in [2.05, 4.69) is 15.9 Å². The van der Waals surface area contributed by atoms with Crippen LogP contribution in [0.1, 0.15) is 5.56 Å². The Kier molecular flexibility index (Phi) is 3.61. The molecule has 0 aliphatic rings. The minimum absolute atomic E-state index is 0.199. The van der Waals surface area contributed by atoms with Gasteiger partial charge in [0.1, 0.15) is 5.82 Å². The SMILES string of the molecule is Fc1ccc2sc(-c3ccc(Cl)cc3)c(CBr)c2c1. The molecule has 0 spiro atoms. The zero-order valence-corrected chi connectivity index (χ0v) is 12.9. The molecule has 0 aliphatic heterocycles. The van der Waals surface area contributed by atoms with Gasteiger partial charge in [-0.15, -0.1) is 11.3 Å². The van der Waals surface area contributed by atoms with Crippen molar-refractivity contribution in [2.24, 2.45) is 0 Å². The topological polar surface area (TPSA) is 0 Å². The van der Waals surface area contributed by atoms with Crippen LogP contribution in [0, 0.1) is 5.82 Å². The average molecular weight is 356 g/mol. The van der Waals surface area contributed by atoms with Crippen molar-refractivity contribution in [2.45, 2.75) is 5.33 Å². The summed E-state index contributed by atoms with van der Waals surface area (Å²) in [5.74, 6) is -0.199. The molecule has 0 N–H and O–H groups in total. The van der Waals surface area contributed by atoms with E-state index in [0.29, 0.717) is 5.33 Å². The molecule has 0 unspecified atom stereocenters. The molecule has 0 saturated heterocycles. The Morgan fingerprint density at radius 2 is 1.84 bits per heavy atom. The highest BCUT2D eigenvalue weighted by molar-refractivity contribution is 9.08. The van der Waals surface area contributed by atoms with Crippen LogP contribution in [0.25, 0.3) is 20.5 Å². The van der Waals surface area contributed by atoms with Gasteiger partial charge in [-0.1, -0.05) is 39.7 Å². The van der Waals surface area contributed by atoms with Crippen LogP contribution in [-0.2, 0) is 5.33 Å². The van der Waals surface area contributed by atoms with Crippen molar-refractivity contribution < 1.29 is 4.39 Å². The van der Waals surface area contributed by atoms with E-state index in [4.69, 9.17) is 11.6 Å². The molecule has 1 aromatic heterocycles. The Morgan fingerprint density at radius 3 is 2.53 bits per heavy atom. The lowest BCUT2D eigenvalue weighted by Crippen LogP contribution is -1.81. The summed E-state index contributed by atoms with van der Waals surface area (Å²) in [5.41, 5.74) is 2.24. The molecule has 19 heavy (non-hydrogen) atoms. The fourth-order valence-electron chi connectivity index (χ4n) is 2.09.